The van der Waals surface area contributed by atoms with Crippen LogP contribution >= 0.6 is 0 Å². The first kappa shape index (κ1) is 15.3. The summed E-state index contributed by atoms with van der Waals surface area (Å²) in [4.78, 5) is 13.0. The summed E-state index contributed by atoms with van der Waals surface area (Å²) in [5.41, 5.74) is 2.31. The number of benzene rings is 1. The Kier molecular flexibility index (Phi) is 5.17. The number of hydrogen-bond acceptors (Lipinski definition) is 3. The van der Waals surface area contributed by atoms with Crippen LogP contribution in [0.15, 0.2) is 40.8 Å². The quantitative estimate of drug-likeness (QED) is 0.831. The molecule has 21 heavy (non-hydrogen) atoms. The molecule has 1 aromatic heterocycles. The number of aryl methyl sites for hydroxylation is 1. The molecule has 0 bridgehead atoms. The molecular formula is C17H22N2O2. The Hall–Kier alpha value is -2.07. The Morgan fingerprint density at radius 3 is 2.52 bits per heavy atom. The average molecular weight is 286 g/mol. The van der Waals surface area contributed by atoms with Gasteiger partial charge in [-0.2, -0.15) is 0 Å². The second-order valence-electron chi connectivity index (χ2n) is 5.35. The molecule has 0 aliphatic heterocycles. The highest BCUT2D eigenvalue weighted by molar-refractivity contribution is 5.75. The average Bonchev–Trinajstić information content (AvgIpc) is 2.93. The minimum absolute atomic E-state index is 0.127. The number of furan rings is 1. The lowest BCUT2D eigenvalue weighted by molar-refractivity contribution is -0.128. The Bertz CT molecular complexity index is 585. The molecule has 112 valence electrons. The number of nitrogens with zero attached hydrogens (tertiary/aromatic N) is 1. The molecular weight excluding hydrogens is 264 g/mol. The van der Waals surface area contributed by atoms with E-state index >= 15 is 0 Å². The zero-order valence-corrected chi connectivity index (χ0v) is 12.8. The molecule has 0 atom stereocenters. The zero-order valence-electron chi connectivity index (χ0n) is 12.8. The number of carbonyl (C=O) groups is 1. The van der Waals surface area contributed by atoms with Crippen LogP contribution in [0.25, 0.3) is 11.3 Å². The van der Waals surface area contributed by atoms with E-state index in [1.165, 1.54) is 5.56 Å². The summed E-state index contributed by atoms with van der Waals surface area (Å²) in [5, 5.41) is 3.22. The van der Waals surface area contributed by atoms with E-state index in [-0.39, 0.29) is 5.91 Å². The monoisotopic (exact) mass is 286 g/mol. The van der Waals surface area contributed by atoms with Crippen LogP contribution in [0.2, 0.25) is 0 Å². The lowest BCUT2D eigenvalue weighted by atomic mass is 10.1. The molecule has 2 aromatic rings. The third-order valence-electron chi connectivity index (χ3n) is 3.31. The molecule has 0 saturated heterocycles. The molecule has 1 N–H and O–H groups in total. The third-order valence-corrected chi connectivity index (χ3v) is 3.31. The van der Waals surface area contributed by atoms with Crippen molar-refractivity contribution in [1.82, 2.24) is 10.2 Å². The van der Waals surface area contributed by atoms with E-state index in [0.717, 1.165) is 17.1 Å². The maximum Gasteiger partial charge on any atom is 0.223 e. The maximum absolute atomic E-state index is 11.4. The van der Waals surface area contributed by atoms with Crippen molar-refractivity contribution in [3.63, 3.8) is 0 Å². The van der Waals surface area contributed by atoms with Gasteiger partial charge in [0, 0.05) is 32.6 Å². The summed E-state index contributed by atoms with van der Waals surface area (Å²) >= 11 is 0. The van der Waals surface area contributed by atoms with Crippen LogP contribution in [0, 0.1) is 6.92 Å². The fourth-order valence-corrected chi connectivity index (χ4v) is 1.98. The van der Waals surface area contributed by atoms with Gasteiger partial charge in [-0.25, -0.2) is 0 Å². The van der Waals surface area contributed by atoms with Gasteiger partial charge in [-0.15, -0.1) is 0 Å². The molecule has 1 heterocycles. The SMILES string of the molecule is Cc1ccc(-c2ccc(CNCCC(=O)N(C)C)o2)cc1. The molecule has 0 spiro atoms. The van der Waals surface area contributed by atoms with Crippen LogP contribution in [-0.2, 0) is 11.3 Å². The van der Waals surface area contributed by atoms with Gasteiger partial charge < -0.3 is 14.6 Å². The first-order valence-corrected chi connectivity index (χ1v) is 7.13. The molecule has 1 amide bonds. The van der Waals surface area contributed by atoms with Gasteiger partial charge in [0.25, 0.3) is 0 Å². The van der Waals surface area contributed by atoms with Crippen LogP contribution in [0.1, 0.15) is 17.7 Å². The van der Waals surface area contributed by atoms with Crippen molar-refractivity contribution in [3.05, 3.63) is 47.7 Å². The highest BCUT2D eigenvalue weighted by atomic mass is 16.3. The highest BCUT2D eigenvalue weighted by Gasteiger charge is 2.06. The van der Waals surface area contributed by atoms with Crippen LogP contribution < -0.4 is 5.32 Å². The lowest BCUT2D eigenvalue weighted by Crippen LogP contribution is -2.26. The molecule has 0 fully saturated rings. The predicted octanol–water partition coefficient (Wildman–Crippen LogP) is 2.82. The standard InChI is InChI=1S/C17H22N2O2/c1-13-4-6-14(7-5-13)16-9-8-15(21-16)12-18-11-10-17(20)19(2)3/h4-9,18H,10-12H2,1-3H3. The van der Waals surface area contributed by atoms with Crippen molar-refractivity contribution >= 4 is 5.91 Å². The van der Waals surface area contributed by atoms with Crippen LogP contribution in [0.3, 0.4) is 0 Å². The van der Waals surface area contributed by atoms with Crippen molar-refractivity contribution < 1.29 is 9.21 Å². The number of nitrogens with one attached hydrogen (secondary N) is 1. The second-order valence-corrected chi connectivity index (χ2v) is 5.35. The smallest absolute Gasteiger partial charge is 0.223 e. The summed E-state index contributed by atoms with van der Waals surface area (Å²) in [6, 6.07) is 12.2. The molecule has 0 unspecified atom stereocenters. The van der Waals surface area contributed by atoms with E-state index in [1.54, 1.807) is 19.0 Å². The predicted molar refractivity (Wildman–Crippen MR) is 83.9 cm³/mol. The van der Waals surface area contributed by atoms with Gasteiger partial charge in [0.05, 0.1) is 6.54 Å². The van der Waals surface area contributed by atoms with Crippen molar-refractivity contribution in [1.29, 1.82) is 0 Å². The molecule has 1 aromatic carbocycles. The van der Waals surface area contributed by atoms with E-state index in [4.69, 9.17) is 4.42 Å². The number of carbonyl (C=O) groups excluding carboxylic acids is 1. The van der Waals surface area contributed by atoms with Crippen molar-refractivity contribution in [2.45, 2.75) is 19.9 Å². The van der Waals surface area contributed by atoms with Gasteiger partial charge in [-0.05, 0) is 19.1 Å². The van der Waals surface area contributed by atoms with E-state index in [2.05, 4.69) is 36.5 Å². The van der Waals surface area contributed by atoms with E-state index in [1.807, 2.05) is 12.1 Å². The fraction of sp³-hybridized carbons (Fsp3) is 0.353. The van der Waals surface area contributed by atoms with Gasteiger partial charge >= 0.3 is 0 Å². The van der Waals surface area contributed by atoms with E-state index < -0.39 is 0 Å². The van der Waals surface area contributed by atoms with Crippen molar-refractivity contribution in [2.24, 2.45) is 0 Å². The van der Waals surface area contributed by atoms with Gasteiger partial charge in [0.2, 0.25) is 5.91 Å². The maximum atomic E-state index is 11.4. The zero-order chi connectivity index (χ0) is 15.2. The largest absolute Gasteiger partial charge is 0.460 e. The fourth-order valence-electron chi connectivity index (χ4n) is 1.98. The van der Waals surface area contributed by atoms with Crippen LogP contribution in [-0.4, -0.2) is 31.4 Å². The van der Waals surface area contributed by atoms with Crippen molar-refractivity contribution in [2.75, 3.05) is 20.6 Å². The molecule has 0 aliphatic rings. The molecule has 4 heteroatoms. The minimum atomic E-state index is 0.127. The molecule has 0 aliphatic carbocycles. The molecule has 2 rings (SSSR count). The summed E-state index contributed by atoms with van der Waals surface area (Å²) in [6.45, 7) is 3.35. The normalized spacial score (nSPS) is 10.6. The summed E-state index contributed by atoms with van der Waals surface area (Å²) in [7, 11) is 3.53. The molecule has 0 radical (unpaired) electrons. The van der Waals surface area contributed by atoms with Crippen LogP contribution in [0.4, 0.5) is 0 Å². The Morgan fingerprint density at radius 1 is 1.14 bits per heavy atom. The third kappa shape index (κ3) is 4.46. The molecule has 4 nitrogen and oxygen atoms in total. The van der Waals surface area contributed by atoms with Gasteiger partial charge in [0.1, 0.15) is 11.5 Å². The summed E-state index contributed by atoms with van der Waals surface area (Å²) in [5.74, 6) is 1.88. The van der Waals surface area contributed by atoms with Crippen molar-refractivity contribution in [3.8, 4) is 11.3 Å². The Labute approximate surface area is 125 Å². The summed E-state index contributed by atoms with van der Waals surface area (Å²) in [6.07, 6.45) is 0.499. The first-order chi connectivity index (χ1) is 10.1. The lowest BCUT2D eigenvalue weighted by Gasteiger charge is -2.09. The van der Waals surface area contributed by atoms with E-state index in [0.29, 0.717) is 19.5 Å². The first-order valence-electron chi connectivity index (χ1n) is 7.13. The second kappa shape index (κ2) is 7.09. The minimum Gasteiger partial charge on any atom is -0.460 e. The Morgan fingerprint density at radius 2 is 1.86 bits per heavy atom. The van der Waals surface area contributed by atoms with E-state index in [9.17, 15) is 4.79 Å². The summed E-state index contributed by atoms with van der Waals surface area (Å²) < 4.78 is 5.81. The molecule has 0 saturated carbocycles. The highest BCUT2D eigenvalue weighted by Crippen LogP contribution is 2.22. The number of amides is 1. The number of hydrogen-bond donors (Lipinski definition) is 1. The van der Waals surface area contributed by atoms with Gasteiger partial charge in [-0.1, -0.05) is 29.8 Å². The Balaban J connectivity index is 1.83. The topological polar surface area (TPSA) is 45.5 Å². The van der Waals surface area contributed by atoms with Gasteiger partial charge in [0.15, 0.2) is 0 Å². The number of rotatable bonds is 6. The van der Waals surface area contributed by atoms with Gasteiger partial charge in [-0.3, -0.25) is 4.79 Å². The van der Waals surface area contributed by atoms with Crippen LogP contribution in [0.5, 0.6) is 0 Å².